The van der Waals surface area contributed by atoms with Crippen molar-refractivity contribution >= 4 is 28.6 Å². The summed E-state index contributed by atoms with van der Waals surface area (Å²) in [4.78, 5) is 39.1. The molecule has 0 aliphatic heterocycles. The van der Waals surface area contributed by atoms with Crippen molar-refractivity contribution in [1.82, 2.24) is 24.0 Å². The molecule has 1 amide bonds. The molecule has 41 heavy (non-hydrogen) atoms. The van der Waals surface area contributed by atoms with Crippen LogP contribution in [-0.4, -0.2) is 85.0 Å². The van der Waals surface area contributed by atoms with E-state index in [2.05, 4.69) is 9.97 Å². The smallest absolute Gasteiger partial charge is 0.339 e. The number of imidazole rings is 1. The van der Waals surface area contributed by atoms with Crippen LogP contribution in [0.4, 0.5) is 11.5 Å². The molecular weight excluding hydrogens is 526 g/mol. The molecule has 0 aliphatic carbocycles. The fourth-order valence-corrected chi connectivity index (χ4v) is 4.33. The number of carbonyl (C=O) groups excluding carboxylic acids is 1. The minimum Gasteiger partial charge on any atom is -0.496 e. The summed E-state index contributed by atoms with van der Waals surface area (Å²) < 4.78 is 19.4. The summed E-state index contributed by atoms with van der Waals surface area (Å²) in [6, 6.07) is 10.6. The molecule has 12 heteroatoms. The molecule has 0 aliphatic rings. The Kier molecular flexibility index (Phi) is 9.05. The number of fused-ring (bicyclic) bond motifs is 1. The van der Waals surface area contributed by atoms with Gasteiger partial charge in [-0.3, -0.25) is 9.36 Å². The first-order chi connectivity index (χ1) is 19.7. The largest absolute Gasteiger partial charge is 0.496 e. The van der Waals surface area contributed by atoms with E-state index in [9.17, 15) is 9.59 Å². The molecule has 0 saturated carbocycles. The van der Waals surface area contributed by atoms with E-state index in [0.717, 1.165) is 5.56 Å². The lowest BCUT2D eigenvalue weighted by molar-refractivity contribution is -0.113. The summed E-state index contributed by atoms with van der Waals surface area (Å²) >= 11 is 0. The Morgan fingerprint density at radius 2 is 1.73 bits per heavy atom. The third-order valence-electron chi connectivity index (χ3n) is 6.47. The third-order valence-corrected chi connectivity index (χ3v) is 6.47. The zero-order valence-corrected chi connectivity index (χ0v) is 24.1. The summed E-state index contributed by atoms with van der Waals surface area (Å²) in [6.45, 7) is 3.17. The van der Waals surface area contributed by atoms with Crippen LogP contribution in [0.2, 0.25) is 0 Å². The van der Waals surface area contributed by atoms with Crippen molar-refractivity contribution in [2.75, 3.05) is 65.8 Å². The Morgan fingerprint density at radius 3 is 2.44 bits per heavy atom. The van der Waals surface area contributed by atoms with Crippen molar-refractivity contribution in [2.24, 2.45) is 0 Å². The molecule has 0 saturated heterocycles. The number of rotatable bonds is 11. The number of methoxy groups -OCH3 is 2. The highest BCUT2D eigenvalue weighted by molar-refractivity contribution is 6.02. The van der Waals surface area contributed by atoms with Gasteiger partial charge in [0.1, 0.15) is 29.9 Å². The number of carbonyl (C=O) groups is 1. The van der Waals surface area contributed by atoms with Gasteiger partial charge in [0.25, 0.3) is 5.91 Å². The maximum atomic E-state index is 14.1. The van der Waals surface area contributed by atoms with Gasteiger partial charge in [0.15, 0.2) is 11.5 Å². The predicted molar refractivity (Wildman–Crippen MR) is 159 cm³/mol. The highest BCUT2D eigenvalue weighted by Crippen LogP contribution is 2.32. The zero-order valence-electron chi connectivity index (χ0n) is 24.1. The van der Waals surface area contributed by atoms with E-state index in [4.69, 9.17) is 19.9 Å². The van der Waals surface area contributed by atoms with Crippen LogP contribution < -0.4 is 25.8 Å². The average Bonchev–Trinajstić information content (AvgIpc) is 3.25. The molecule has 0 atom stereocenters. The highest BCUT2D eigenvalue weighted by Gasteiger charge is 2.23. The Bertz CT molecular complexity index is 1640. The summed E-state index contributed by atoms with van der Waals surface area (Å²) in [7, 11) is 8.64. The Labute approximate surface area is 238 Å². The average molecular weight is 562 g/mol. The van der Waals surface area contributed by atoms with Gasteiger partial charge in [-0.25, -0.2) is 19.3 Å². The van der Waals surface area contributed by atoms with E-state index in [-0.39, 0.29) is 18.3 Å². The molecule has 0 unspecified atom stereocenters. The quantitative estimate of drug-likeness (QED) is 0.217. The monoisotopic (exact) mass is 561 g/mol. The van der Waals surface area contributed by atoms with Gasteiger partial charge in [-0.15, -0.1) is 0 Å². The van der Waals surface area contributed by atoms with E-state index in [1.807, 2.05) is 32.0 Å². The number of nitrogens with zero attached hydrogens (tertiary/aromatic N) is 6. The second-order valence-electron chi connectivity index (χ2n) is 9.59. The van der Waals surface area contributed by atoms with Crippen molar-refractivity contribution in [1.29, 1.82) is 0 Å². The molecule has 2 heterocycles. The van der Waals surface area contributed by atoms with E-state index >= 15 is 0 Å². The maximum absolute atomic E-state index is 14.1. The molecule has 2 N–H and O–H groups in total. The first-order valence-electron chi connectivity index (χ1n) is 12.9. The highest BCUT2D eigenvalue weighted by atomic mass is 16.5. The van der Waals surface area contributed by atoms with Crippen molar-refractivity contribution < 1.29 is 19.0 Å². The van der Waals surface area contributed by atoms with Crippen molar-refractivity contribution in [3.05, 3.63) is 70.9 Å². The summed E-state index contributed by atoms with van der Waals surface area (Å²) in [5.41, 5.74) is 8.90. The minimum atomic E-state index is -0.419. The van der Waals surface area contributed by atoms with Gasteiger partial charge in [0.05, 0.1) is 30.8 Å². The molecule has 0 fully saturated rings. The SMILES string of the molecule is COCCOc1ccc(-n2c(=O)n(-c3ccc(C)c(OC)c3)c3c(N)ncnc32)cc1N(C)C(=O)/C=C/CN(C)C. The molecule has 2 aromatic heterocycles. The Balaban J connectivity index is 1.90. The van der Waals surface area contributed by atoms with Crippen LogP contribution in [0.1, 0.15) is 5.56 Å². The first kappa shape index (κ1) is 29.3. The first-order valence-corrected chi connectivity index (χ1v) is 12.9. The van der Waals surface area contributed by atoms with Crippen molar-refractivity contribution in [3.8, 4) is 22.9 Å². The standard InChI is InChI=1S/C29H35N7O5/c1-19-9-10-21(17-24(19)40-6)35-26-27(30)31-18-32-28(26)36(29(35)38)20-11-12-23(41-15-14-39-5)22(16-20)34(4)25(37)8-7-13-33(2)3/h7-12,16-18H,13-15H2,1-6H3,(H2,30,31,32)/b8-7+. The van der Waals surface area contributed by atoms with Crippen LogP contribution >= 0.6 is 0 Å². The van der Waals surface area contributed by atoms with Gasteiger partial charge < -0.3 is 29.7 Å². The second-order valence-corrected chi connectivity index (χ2v) is 9.59. The third kappa shape index (κ3) is 6.08. The molecule has 4 rings (SSSR count). The topological polar surface area (TPSA) is 130 Å². The van der Waals surface area contributed by atoms with E-state index in [0.29, 0.717) is 52.9 Å². The van der Waals surface area contributed by atoms with Crippen molar-refractivity contribution in [2.45, 2.75) is 6.92 Å². The fraction of sp³-hybridized carbons (Fsp3) is 0.310. The number of nitrogens with two attached hydrogens (primary N) is 1. The van der Waals surface area contributed by atoms with Crippen LogP contribution in [0.5, 0.6) is 11.5 Å². The van der Waals surface area contributed by atoms with E-state index in [1.54, 1.807) is 57.7 Å². The Hall–Kier alpha value is -4.68. The number of likely N-dealkylation sites (N-methyl/N-ethyl adjacent to an activating group) is 2. The maximum Gasteiger partial charge on any atom is 0.339 e. The zero-order chi connectivity index (χ0) is 29.7. The molecule has 4 aromatic rings. The van der Waals surface area contributed by atoms with E-state index < -0.39 is 5.69 Å². The van der Waals surface area contributed by atoms with Gasteiger partial charge in [-0.1, -0.05) is 12.1 Å². The minimum absolute atomic E-state index is 0.142. The summed E-state index contributed by atoms with van der Waals surface area (Å²) in [5, 5.41) is 0. The number of anilines is 2. The lowest BCUT2D eigenvalue weighted by Crippen LogP contribution is -2.26. The van der Waals surface area contributed by atoms with E-state index in [1.165, 1.54) is 26.4 Å². The number of amides is 1. The van der Waals surface area contributed by atoms with Crippen LogP contribution in [0.25, 0.3) is 22.5 Å². The fourth-order valence-electron chi connectivity index (χ4n) is 4.33. The summed E-state index contributed by atoms with van der Waals surface area (Å²) in [6.07, 6.45) is 4.59. The summed E-state index contributed by atoms with van der Waals surface area (Å²) in [5.74, 6) is 0.960. The normalized spacial score (nSPS) is 11.5. The molecular formula is C29H35N7O5. The van der Waals surface area contributed by atoms with Gasteiger partial charge in [0.2, 0.25) is 0 Å². The number of ether oxygens (including phenoxy) is 3. The molecule has 2 aromatic carbocycles. The lowest BCUT2D eigenvalue weighted by atomic mass is 10.2. The lowest BCUT2D eigenvalue weighted by Gasteiger charge is -2.21. The Morgan fingerprint density at radius 1 is 1.00 bits per heavy atom. The molecule has 0 spiro atoms. The number of nitrogen functional groups attached to an aromatic ring is 1. The number of hydrogen-bond acceptors (Lipinski definition) is 9. The van der Waals surface area contributed by atoms with Gasteiger partial charge in [-0.2, -0.15) is 0 Å². The van der Waals surface area contributed by atoms with Gasteiger partial charge >= 0.3 is 5.69 Å². The molecule has 12 nitrogen and oxygen atoms in total. The predicted octanol–water partition coefficient (Wildman–Crippen LogP) is 2.58. The van der Waals surface area contributed by atoms with Crippen LogP contribution in [0.15, 0.2) is 59.7 Å². The number of aromatic nitrogens is 4. The molecule has 0 bridgehead atoms. The van der Waals surface area contributed by atoms with Crippen LogP contribution in [-0.2, 0) is 9.53 Å². The van der Waals surface area contributed by atoms with Crippen LogP contribution in [0.3, 0.4) is 0 Å². The van der Waals surface area contributed by atoms with Crippen LogP contribution in [0, 0.1) is 6.92 Å². The molecule has 216 valence electrons. The molecule has 0 radical (unpaired) electrons. The number of benzene rings is 2. The second kappa shape index (κ2) is 12.7. The van der Waals surface area contributed by atoms with Crippen molar-refractivity contribution in [3.63, 3.8) is 0 Å². The number of aryl methyl sites for hydroxylation is 1. The van der Waals surface area contributed by atoms with Gasteiger partial charge in [-0.05, 0) is 50.8 Å². The number of hydrogen-bond donors (Lipinski definition) is 1. The van der Waals surface area contributed by atoms with Gasteiger partial charge in [0, 0.05) is 32.8 Å².